The van der Waals surface area contributed by atoms with Crippen LogP contribution < -0.4 is 14.8 Å². The third kappa shape index (κ3) is 6.80. The van der Waals surface area contributed by atoms with Crippen molar-refractivity contribution in [1.82, 2.24) is 14.8 Å². The molecule has 0 amide bonds. The van der Waals surface area contributed by atoms with E-state index >= 15 is 0 Å². The van der Waals surface area contributed by atoms with Gasteiger partial charge in [0, 0.05) is 32.1 Å². The van der Waals surface area contributed by atoms with E-state index in [1.807, 2.05) is 30.3 Å². The van der Waals surface area contributed by atoms with Crippen LogP contribution in [0.5, 0.6) is 11.5 Å². The van der Waals surface area contributed by atoms with E-state index in [4.69, 9.17) is 59.1 Å². The van der Waals surface area contributed by atoms with Gasteiger partial charge in [-0.25, -0.2) is 9.48 Å². The van der Waals surface area contributed by atoms with Crippen molar-refractivity contribution >= 4 is 58.5 Å². The number of hydrogen-bond acceptors (Lipinski definition) is 8. The van der Waals surface area contributed by atoms with E-state index in [-0.39, 0.29) is 13.2 Å². The molecule has 4 aromatic rings. The molecule has 5 rings (SSSR count). The van der Waals surface area contributed by atoms with Crippen molar-refractivity contribution in [3.63, 3.8) is 0 Å². The van der Waals surface area contributed by atoms with Crippen LogP contribution in [0.3, 0.4) is 0 Å². The van der Waals surface area contributed by atoms with E-state index in [9.17, 15) is 4.79 Å². The third-order valence-corrected chi connectivity index (χ3v) is 8.60. The largest absolute Gasteiger partial charge is 0.493 e. The second kappa shape index (κ2) is 13.8. The summed E-state index contributed by atoms with van der Waals surface area (Å²) in [4.78, 5) is 18.0. The highest BCUT2D eigenvalue weighted by Gasteiger charge is 2.36. The smallest absolute Gasteiger partial charge is 0.338 e. The molecule has 0 aliphatic carbocycles. The molecule has 0 saturated heterocycles. The van der Waals surface area contributed by atoms with Crippen molar-refractivity contribution in [2.45, 2.75) is 30.5 Å². The number of aromatic nitrogens is 3. The van der Waals surface area contributed by atoms with E-state index in [2.05, 4.69) is 11.9 Å². The topological polar surface area (TPSA) is 87.5 Å². The molecule has 0 fully saturated rings. The first kappa shape index (κ1) is 30.8. The van der Waals surface area contributed by atoms with Crippen molar-refractivity contribution < 1.29 is 19.0 Å². The average Bonchev–Trinajstić information content (AvgIpc) is 3.40. The molecular formula is C31H27Cl3N4O4S. The number of thioether (sulfide) groups is 1. The number of benzene rings is 3. The van der Waals surface area contributed by atoms with Gasteiger partial charge in [0.25, 0.3) is 0 Å². The summed E-state index contributed by atoms with van der Waals surface area (Å²) in [6, 6.07) is 17.6. The molecule has 222 valence electrons. The summed E-state index contributed by atoms with van der Waals surface area (Å²) < 4.78 is 18.9. The van der Waals surface area contributed by atoms with Gasteiger partial charge in [-0.15, -0.1) is 5.10 Å². The van der Waals surface area contributed by atoms with Gasteiger partial charge in [-0.1, -0.05) is 89.6 Å². The number of anilines is 1. The Kier molecular flexibility index (Phi) is 9.87. The lowest BCUT2D eigenvalue weighted by Crippen LogP contribution is -2.29. The van der Waals surface area contributed by atoms with Gasteiger partial charge >= 0.3 is 5.97 Å². The standard InChI is InChI=1S/C31H27Cl3N4O4S/c1-4-14-41-29(39)27-18(2)35-30-36-31(43-17-20-8-5-6-9-22(20)32)37-38(30)28(27)19-12-13-25(26(15-19)40-3)42-16-21-23(33)10-7-11-24(21)34/h4-13,15,28H,1,14,16-17H2,2-3H3,(H,35,36,37). The van der Waals surface area contributed by atoms with Crippen LogP contribution in [-0.4, -0.2) is 34.5 Å². The molecule has 1 aromatic heterocycles. The zero-order valence-electron chi connectivity index (χ0n) is 23.3. The maximum absolute atomic E-state index is 13.3. The lowest BCUT2D eigenvalue weighted by Gasteiger charge is -2.28. The summed E-state index contributed by atoms with van der Waals surface area (Å²) in [7, 11) is 1.54. The molecule has 8 nitrogen and oxygen atoms in total. The molecule has 0 radical (unpaired) electrons. The number of halogens is 3. The quantitative estimate of drug-likeness (QED) is 0.0983. The summed E-state index contributed by atoms with van der Waals surface area (Å²) in [5, 5.41) is 10.2. The highest BCUT2D eigenvalue weighted by atomic mass is 35.5. The first-order valence-electron chi connectivity index (χ1n) is 13.1. The Bertz CT molecular complexity index is 1690. The zero-order valence-corrected chi connectivity index (χ0v) is 26.4. The molecule has 1 atom stereocenters. The second-order valence-corrected chi connectivity index (χ2v) is 11.6. The third-order valence-electron chi connectivity index (χ3n) is 6.64. The predicted molar refractivity (Wildman–Crippen MR) is 170 cm³/mol. The van der Waals surface area contributed by atoms with Gasteiger partial charge in [0.2, 0.25) is 11.1 Å². The summed E-state index contributed by atoms with van der Waals surface area (Å²) in [5.41, 5.74) is 3.30. The van der Waals surface area contributed by atoms with Crippen molar-refractivity contribution in [2.75, 3.05) is 19.0 Å². The van der Waals surface area contributed by atoms with E-state index < -0.39 is 12.0 Å². The van der Waals surface area contributed by atoms with Crippen LogP contribution in [0.2, 0.25) is 15.1 Å². The highest BCUT2D eigenvalue weighted by molar-refractivity contribution is 7.98. The van der Waals surface area contributed by atoms with Crippen molar-refractivity contribution in [1.29, 1.82) is 0 Å². The molecule has 0 spiro atoms. The van der Waals surface area contributed by atoms with Crippen molar-refractivity contribution in [2.24, 2.45) is 0 Å². The van der Waals surface area contributed by atoms with Crippen LogP contribution in [-0.2, 0) is 21.9 Å². The number of fused-ring (bicyclic) bond motifs is 1. The number of esters is 1. The van der Waals surface area contributed by atoms with E-state index in [0.29, 0.717) is 65.8 Å². The van der Waals surface area contributed by atoms with Gasteiger partial charge in [-0.2, -0.15) is 4.98 Å². The monoisotopic (exact) mass is 656 g/mol. The molecule has 1 aliphatic heterocycles. The maximum Gasteiger partial charge on any atom is 0.338 e. The molecule has 0 saturated carbocycles. The fraction of sp³-hybridized carbons (Fsp3) is 0.194. The lowest BCUT2D eigenvalue weighted by molar-refractivity contribution is -0.138. The SMILES string of the molecule is C=CCOC(=O)C1=C(C)Nc2nc(SCc3ccccc3Cl)nn2C1c1ccc(OCc2c(Cl)cccc2Cl)c(OC)c1. The molecule has 1 unspecified atom stereocenters. The molecule has 1 N–H and O–H groups in total. The van der Waals surface area contributed by atoms with Crippen LogP contribution in [0.25, 0.3) is 0 Å². The average molecular weight is 658 g/mol. The number of ether oxygens (including phenoxy) is 3. The normalized spacial score (nSPS) is 14.1. The zero-order chi connectivity index (χ0) is 30.5. The minimum absolute atomic E-state index is 0.0617. The van der Waals surface area contributed by atoms with Crippen LogP contribution in [0, 0.1) is 0 Å². The summed E-state index contributed by atoms with van der Waals surface area (Å²) in [6.07, 6.45) is 1.52. The van der Waals surface area contributed by atoms with Gasteiger partial charge in [0.1, 0.15) is 19.3 Å². The number of hydrogen-bond donors (Lipinski definition) is 1. The Morgan fingerprint density at radius 2 is 1.81 bits per heavy atom. The summed E-state index contributed by atoms with van der Waals surface area (Å²) >= 11 is 20.4. The minimum Gasteiger partial charge on any atom is -0.493 e. The summed E-state index contributed by atoms with van der Waals surface area (Å²) in [6.45, 7) is 5.65. The molecule has 12 heteroatoms. The van der Waals surface area contributed by atoms with Gasteiger partial charge < -0.3 is 19.5 Å². The van der Waals surface area contributed by atoms with E-state index in [1.54, 1.807) is 49.0 Å². The first-order valence-corrected chi connectivity index (χ1v) is 15.2. The lowest BCUT2D eigenvalue weighted by atomic mass is 9.95. The molecule has 2 heterocycles. The maximum atomic E-state index is 13.3. The fourth-order valence-corrected chi connectivity index (χ4v) is 6.15. The van der Waals surface area contributed by atoms with E-state index in [1.165, 1.54) is 17.8 Å². The van der Waals surface area contributed by atoms with Crippen LogP contribution in [0.15, 0.2) is 89.7 Å². The van der Waals surface area contributed by atoms with Crippen molar-refractivity contribution in [3.05, 3.63) is 116 Å². The van der Waals surface area contributed by atoms with Crippen molar-refractivity contribution in [3.8, 4) is 11.5 Å². The Morgan fingerprint density at radius 3 is 2.53 bits per heavy atom. The number of nitrogens with zero attached hydrogens (tertiary/aromatic N) is 3. The number of nitrogens with one attached hydrogen (secondary N) is 1. The Morgan fingerprint density at radius 1 is 1.07 bits per heavy atom. The molecule has 1 aliphatic rings. The van der Waals surface area contributed by atoms with E-state index in [0.717, 1.165) is 5.56 Å². The molecule has 3 aromatic carbocycles. The van der Waals surface area contributed by atoms with Crippen LogP contribution >= 0.6 is 46.6 Å². The molecule has 43 heavy (non-hydrogen) atoms. The number of carbonyl (C=O) groups excluding carboxylic acids is 1. The number of rotatable bonds is 11. The second-order valence-electron chi connectivity index (χ2n) is 9.40. The van der Waals surface area contributed by atoms with Gasteiger partial charge in [-0.05, 0) is 48.4 Å². The van der Waals surface area contributed by atoms with Crippen LogP contribution in [0.4, 0.5) is 5.95 Å². The Labute approximate surface area is 268 Å². The first-order chi connectivity index (χ1) is 20.8. The summed E-state index contributed by atoms with van der Waals surface area (Å²) in [5.74, 6) is 1.48. The number of carbonyl (C=O) groups is 1. The highest BCUT2D eigenvalue weighted by Crippen LogP contribution is 2.40. The predicted octanol–water partition coefficient (Wildman–Crippen LogP) is 8.14. The molecule has 0 bridgehead atoms. The molecular weight excluding hydrogens is 631 g/mol. The number of methoxy groups -OCH3 is 1. The Balaban J connectivity index is 1.49. The van der Waals surface area contributed by atoms with Gasteiger partial charge in [0.05, 0.1) is 12.7 Å². The fourth-order valence-electron chi connectivity index (χ4n) is 4.53. The number of allylic oxidation sites excluding steroid dienone is 1. The minimum atomic E-state index is -0.670. The van der Waals surface area contributed by atoms with Crippen LogP contribution in [0.1, 0.15) is 29.7 Å². The van der Waals surface area contributed by atoms with Gasteiger partial charge in [-0.3, -0.25) is 0 Å². The van der Waals surface area contributed by atoms with Gasteiger partial charge in [0.15, 0.2) is 11.5 Å². The Hall–Kier alpha value is -3.63.